The normalized spacial score (nSPS) is 17.7. The van der Waals surface area contributed by atoms with Gasteiger partial charge in [-0.05, 0) is 43.4 Å². The highest BCUT2D eigenvalue weighted by molar-refractivity contribution is 7.15. The molecule has 4 rings (SSSR count). The van der Waals surface area contributed by atoms with Crippen molar-refractivity contribution < 1.29 is 4.79 Å². The van der Waals surface area contributed by atoms with Crippen LogP contribution in [0.25, 0.3) is 5.00 Å². The van der Waals surface area contributed by atoms with Crippen LogP contribution in [0.4, 0.5) is 0 Å². The Kier molecular flexibility index (Phi) is 5.14. The standard InChI is InChI=1S/C21H25N3OS/c1-2-3-10-22-13-15-23(16-14-22)20(25)19-17-8-4-5-9-18(17)26-21(19)24-11-6-7-12-24/h1,6-7,11-12H,3-5,8-10,13-16H2. The molecule has 2 aromatic heterocycles. The lowest BCUT2D eigenvalue weighted by molar-refractivity contribution is 0.0639. The number of terminal acetylenes is 1. The third-order valence-electron chi connectivity index (χ3n) is 5.44. The van der Waals surface area contributed by atoms with E-state index in [9.17, 15) is 4.79 Å². The fourth-order valence-corrected chi connectivity index (χ4v) is 5.33. The number of hydrogen-bond acceptors (Lipinski definition) is 3. The number of carbonyl (C=O) groups excluding carboxylic acids is 1. The van der Waals surface area contributed by atoms with E-state index in [0.717, 1.165) is 62.6 Å². The minimum atomic E-state index is 0.213. The summed E-state index contributed by atoms with van der Waals surface area (Å²) in [4.78, 5) is 19.2. The van der Waals surface area contributed by atoms with E-state index in [1.807, 2.05) is 29.4 Å². The predicted molar refractivity (Wildman–Crippen MR) is 106 cm³/mol. The van der Waals surface area contributed by atoms with Gasteiger partial charge in [0.2, 0.25) is 0 Å². The molecule has 0 radical (unpaired) electrons. The highest BCUT2D eigenvalue weighted by Gasteiger charge is 2.30. The molecule has 2 aliphatic rings. The van der Waals surface area contributed by atoms with E-state index in [1.165, 1.54) is 23.3 Å². The molecule has 1 aliphatic heterocycles. The number of rotatable bonds is 4. The summed E-state index contributed by atoms with van der Waals surface area (Å²) in [6.45, 7) is 4.34. The van der Waals surface area contributed by atoms with Crippen molar-refractivity contribution in [3.63, 3.8) is 0 Å². The molecule has 0 saturated carbocycles. The van der Waals surface area contributed by atoms with Crippen LogP contribution >= 0.6 is 11.3 Å². The number of hydrogen-bond donors (Lipinski definition) is 0. The smallest absolute Gasteiger partial charge is 0.257 e. The molecule has 1 aliphatic carbocycles. The first-order valence-electron chi connectivity index (χ1n) is 9.51. The summed E-state index contributed by atoms with van der Waals surface area (Å²) in [5, 5.41) is 1.10. The minimum absolute atomic E-state index is 0.213. The molecule has 0 atom stereocenters. The highest BCUT2D eigenvalue weighted by atomic mass is 32.1. The van der Waals surface area contributed by atoms with E-state index in [0.29, 0.717) is 0 Å². The SMILES string of the molecule is C#CCCN1CCN(C(=O)c2c(-n3cccc3)sc3c2CCCC3)CC1. The van der Waals surface area contributed by atoms with Crippen LogP contribution < -0.4 is 0 Å². The van der Waals surface area contributed by atoms with Crippen molar-refractivity contribution in [2.75, 3.05) is 32.7 Å². The Morgan fingerprint density at radius 1 is 1.12 bits per heavy atom. The maximum absolute atomic E-state index is 13.4. The number of thiophene rings is 1. The topological polar surface area (TPSA) is 28.5 Å². The van der Waals surface area contributed by atoms with Gasteiger partial charge in [0.15, 0.2) is 0 Å². The molecule has 1 amide bonds. The van der Waals surface area contributed by atoms with Crippen molar-refractivity contribution in [1.82, 2.24) is 14.4 Å². The summed E-state index contributed by atoms with van der Waals surface area (Å²) in [5.74, 6) is 2.92. The molecule has 2 aromatic rings. The Bertz CT molecular complexity index is 807. The lowest BCUT2D eigenvalue weighted by Gasteiger charge is -2.34. The maximum Gasteiger partial charge on any atom is 0.257 e. The molecule has 0 spiro atoms. The molecule has 0 aromatic carbocycles. The van der Waals surface area contributed by atoms with Gasteiger partial charge in [-0.1, -0.05) is 0 Å². The van der Waals surface area contributed by atoms with Gasteiger partial charge in [-0.25, -0.2) is 0 Å². The number of aromatic nitrogens is 1. The van der Waals surface area contributed by atoms with E-state index < -0.39 is 0 Å². The lowest BCUT2D eigenvalue weighted by atomic mass is 9.95. The molecule has 136 valence electrons. The van der Waals surface area contributed by atoms with Crippen molar-refractivity contribution in [2.24, 2.45) is 0 Å². The quantitative estimate of drug-likeness (QED) is 0.777. The van der Waals surface area contributed by atoms with Gasteiger partial charge < -0.3 is 9.47 Å². The van der Waals surface area contributed by atoms with Crippen LogP contribution in [-0.2, 0) is 12.8 Å². The number of piperazine rings is 1. The Labute approximate surface area is 159 Å². The zero-order valence-corrected chi connectivity index (χ0v) is 15.9. The fraction of sp³-hybridized carbons (Fsp3) is 0.476. The number of aryl methyl sites for hydroxylation is 1. The summed E-state index contributed by atoms with van der Waals surface area (Å²) in [6.07, 6.45) is 14.8. The second-order valence-corrected chi connectivity index (χ2v) is 8.15. The molecule has 0 bridgehead atoms. The van der Waals surface area contributed by atoms with E-state index in [2.05, 4.69) is 15.4 Å². The van der Waals surface area contributed by atoms with Crippen molar-refractivity contribution in [2.45, 2.75) is 32.1 Å². The van der Waals surface area contributed by atoms with Gasteiger partial charge in [0.25, 0.3) is 5.91 Å². The van der Waals surface area contributed by atoms with Crippen LogP contribution in [-0.4, -0.2) is 53.0 Å². The molecule has 26 heavy (non-hydrogen) atoms. The van der Waals surface area contributed by atoms with Crippen molar-refractivity contribution in [3.05, 3.63) is 40.5 Å². The monoisotopic (exact) mass is 367 g/mol. The van der Waals surface area contributed by atoms with Crippen LogP contribution in [0.5, 0.6) is 0 Å². The van der Waals surface area contributed by atoms with Gasteiger partial charge in [-0.15, -0.1) is 23.7 Å². The van der Waals surface area contributed by atoms with Gasteiger partial charge in [0.05, 0.1) is 5.56 Å². The first-order valence-corrected chi connectivity index (χ1v) is 10.3. The summed E-state index contributed by atoms with van der Waals surface area (Å²) in [5.41, 5.74) is 2.27. The van der Waals surface area contributed by atoms with E-state index in [1.54, 1.807) is 11.3 Å². The lowest BCUT2D eigenvalue weighted by Crippen LogP contribution is -2.49. The molecule has 1 fully saturated rings. The van der Waals surface area contributed by atoms with Gasteiger partial charge in [0.1, 0.15) is 5.00 Å². The molecule has 1 saturated heterocycles. The zero-order valence-electron chi connectivity index (χ0n) is 15.1. The van der Waals surface area contributed by atoms with E-state index in [4.69, 9.17) is 6.42 Å². The van der Waals surface area contributed by atoms with Crippen LogP contribution in [0.3, 0.4) is 0 Å². The molecular weight excluding hydrogens is 342 g/mol. The Morgan fingerprint density at radius 3 is 2.58 bits per heavy atom. The van der Waals surface area contributed by atoms with Crippen molar-refractivity contribution in [3.8, 4) is 17.3 Å². The summed E-state index contributed by atoms with van der Waals surface area (Å²) >= 11 is 1.81. The molecular formula is C21H25N3OS. The van der Waals surface area contributed by atoms with Crippen molar-refractivity contribution >= 4 is 17.2 Å². The maximum atomic E-state index is 13.4. The number of fused-ring (bicyclic) bond motifs is 1. The average molecular weight is 368 g/mol. The number of carbonyl (C=O) groups is 1. The fourth-order valence-electron chi connectivity index (χ4n) is 3.98. The zero-order chi connectivity index (χ0) is 17.9. The first kappa shape index (κ1) is 17.4. The average Bonchev–Trinajstić information content (AvgIpc) is 3.33. The number of amides is 1. The van der Waals surface area contributed by atoms with Crippen molar-refractivity contribution in [1.29, 1.82) is 0 Å². The number of nitrogens with zero attached hydrogens (tertiary/aromatic N) is 3. The Hall–Kier alpha value is -2.03. The van der Waals surface area contributed by atoms with Crippen LogP contribution in [0.2, 0.25) is 0 Å². The molecule has 3 heterocycles. The Morgan fingerprint density at radius 2 is 1.85 bits per heavy atom. The molecule has 5 heteroatoms. The third-order valence-corrected chi connectivity index (χ3v) is 6.74. The largest absolute Gasteiger partial charge is 0.336 e. The summed E-state index contributed by atoms with van der Waals surface area (Å²) in [6, 6.07) is 4.05. The molecule has 0 unspecified atom stereocenters. The highest BCUT2D eigenvalue weighted by Crippen LogP contribution is 2.37. The van der Waals surface area contributed by atoms with Gasteiger partial charge in [-0.3, -0.25) is 9.69 Å². The van der Waals surface area contributed by atoms with Gasteiger partial charge in [0, 0.05) is 56.4 Å². The molecule has 4 nitrogen and oxygen atoms in total. The second-order valence-electron chi connectivity index (χ2n) is 7.07. The van der Waals surface area contributed by atoms with Gasteiger partial charge in [-0.2, -0.15) is 0 Å². The van der Waals surface area contributed by atoms with Gasteiger partial charge >= 0.3 is 0 Å². The Balaban J connectivity index is 1.58. The summed E-state index contributed by atoms with van der Waals surface area (Å²) in [7, 11) is 0. The van der Waals surface area contributed by atoms with E-state index >= 15 is 0 Å². The van der Waals surface area contributed by atoms with E-state index in [-0.39, 0.29) is 5.91 Å². The third kappa shape index (κ3) is 3.32. The minimum Gasteiger partial charge on any atom is -0.336 e. The van der Waals surface area contributed by atoms with Crippen LogP contribution in [0, 0.1) is 12.3 Å². The van der Waals surface area contributed by atoms with Crippen LogP contribution in [0.15, 0.2) is 24.5 Å². The second kappa shape index (κ2) is 7.69. The molecule has 0 N–H and O–H groups in total. The first-order chi connectivity index (χ1) is 12.8. The van der Waals surface area contributed by atoms with Crippen LogP contribution in [0.1, 0.15) is 40.1 Å². The predicted octanol–water partition coefficient (Wildman–Crippen LogP) is 3.20. The summed E-state index contributed by atoms with van der Waals surface area (Å²) < 4.78 is 2.11.